The van der Waals surface area contributed by atoms with Gasteiger partial charge in [0.1, 0.15) is 0 Å². The van der Waals surface area contributed by atoms with Gasteiger partial charge < -0.3 is 11.1 Å². The number of nitrogens with two attached hydrogens (primary N) is 1. The normalized spacial score (nSPS) is 10.9. The maximum absolute atomic E-state index is 5.85. The lowest BCUT2D eigenvalue weighted by atomic mass is 10.2. The predicted octanol–water partition coefficient (Wildman–Crippen LogP) is 2.63. The van der Waals surface area contributed by atoms with Crippen LogP contribution in [0.2, 0.25) is 5.02 Å². The molecule has 0 aliphatic heterocycles. The molecule has 5 nitrogen and oxygen atoms in total. The van der Waals surface area contributed by atoms with Gasteiger partial charge in [-0.1, -0.05) is 37.6 Å². The third kappa shape index (κ3) is 3.86. The molecule has 0 fully saturated rings. The van der Waals surface area contributed by atoms with E-state index in [1.54, 1.807) is 4.68 Å². The Hall–Kier alpha value is -1.75. The van der Waals surface area contributed by atoms with Crippen molar-refractivity contribution in [2.24, 2.45) is 5.92 Å². The van der Waals surface area contributed by atoms with E-state index < -0.39 is 0 Å². The number of anilines is 2. The van der Waals surface area contributed by atoms with Crippen molar-refractivity contribution in [1.82, 2.24) is 14.8 Å². The minimum absolute atomic E-state index is 0.404. The molecular weight excluding hydrogens is 262 g/mol. The summed E-state index contributed by atoms with van der Waals surface area (Å²) in [4.78, 5) is 4.19. The SMILES string of the molecule is CC(C)CNc1nc(N)n(Cc2ccc(Cl)cc2)n1. The van der Waals surface area contributed by atoms with Gasteiger partial charge in [-0.05, 0) is 23.6 Å². The summed E-state index contributed by atoms with van der Waals surface area (Å²) < 4.78 is 1.67. The van der Waals surface area contributed by atoms with Crippen molar-refractivity contribution in [3.05, 3.63) is 34.9 Å². The second kappa shape index (κ2) is 5.93. The van der Waals surface area contributed by atoms with Crippen LogP contribution in [0, 0.1) is 5.92 Å². The number of nitrogens with one attached hydrogen (secondary N) is 1. The van der Waals surface area contributed by atoms with Gasteiger partial charge in [-0.15, -0.1) is 5.10 Å². The molecule has 0 aliphatic rings. The average Bonchev–Trinajstić information content (AvgIpc) is 2.71. The number of halogens is 1. The molecule has 0 atom stereocenters. The number of nitrogen functional groups attached to an aromatic ring is 1. The summed E-state index contributed by atoms with van der Waals surface area (Å²) in [5.41, 5.74) is 6.93. The van der Waals surface area contributed by atoms with Crippen LogP contribution in [0.5, 0.6) is 0 Å². The molecule has 6 heteroatoms. The van der Waals surface area contributed by atoms with Crippen molar-refractivity contribution >= 4 is 23.5 Å². The third-order valence-corrected chi connectivity index (χ3v) is 2.87. The summed E-state index contributed by atoms with van der Waals surface area (Å²) in [6, 6.07) is 7.60. The summed E-state index contributed by atoms with van der Waals surface area (Å²) in [7, 11) is 0. The molecular formula is C13H18ClN5. The van der Waals surface area contributed by atoms with E-state index >= 15 is 0 Å². The van der Waals surface area contributed by atoms with Crippen LogP contribution in [-0.4, -0.2) is 21.3 Å². The number of aromatic nitrogens is 3. The van der Waals surface area contributed by atoms with Crippen LogP contribution in [0.3, 0.4) is 0 Å². The molecule has 1 aromatic carbocycles. The Morgan fingerprint density at radius 1 is 1.32 bits per heavy atom. The summed E-state index contributed by atoms with van der Waals surface area (Å²) >= 11 is 5.85. The molecule has 0 aliphatic carbocycles. The zero-order valence-corrected chi connectivity index (χ0v) is 11.9. The largest absolute Gasteiger partial charge is 0.368 e. The predicted molar refractivity (Wildman–Crippen MR) is 78.3 cm³/mol. The highest BCUT2D eigenvalue weighted by atomic mass is 35.5. The molecule has 102 valence electrons. The van der Waals surface area contributed by atoms with Crippen molar-refractivity contribution < 1.29 is 0 Å². The van der Waals surface area contributed by atoms with Gasteiger partial charge in [-0.2, -0.15) is 4.98 Å². The number of hydrogen-bond acceptors (Lipinski definition) is 4. The molecule has 0 saturated carbocycles. The molecule has 2 rings (SSSR count). The maximum Gasteiger partial charge on any atom is 0.243 e. The van der Waals surface area contributed by atoms with Gasteiger partial charge in [-0.25, -0.2) is 4.68 Å². The van der Waals surface area contributed by atoms with Crippen molar-refractivity contribution in [3.63, 3.8) is 0 Å². The third-order valence-electron chi connectivity index (χ3n) is 2.61. The fourth-order valence-corrected chi connectivity index (χ4v) is 1.73. The Labute approximate surface area is 117 Å². The van der Waals surface area contributed by atoms with Crippen LogP contribution in [0.15, 0.2) is 24.3 Å². The van der Waals surface area contributed by atoms with E-state index in [1.165, 1.54) is 0 Å². The van der Waals surface area contributed by atoms with Gasteiger partial charge in [0.05, 0.1) is 6.54 Å². The van der Waals surface area contributed by atoms with Crippen LogP contribution in [-0.2, 0) is 6.54 Å². The Morgan fingerprint density at radius 2 is 2.00 bits per heavy atom. The first kappa shape index (κ1) is 13.7. The molecule has 0 spiro atoms. The molecule has 0 unspecified atom stereocenters. The number of nitrogens with zero attached hydrogens (tertiary/aromatic N) is 3. The molecule has 0 bridgehead atoms. The summed E-state index contributed by atoms with van der Waals surface area (Å²) in [6.45, 7) is 5.66. The molecule has 2 aromatic rings. The molecule has 19 heavy (non-hydrogen) atoms. The monoisotopic (exact) mass is 279 g/mol. The maximum atomic E-state index is 5.85. The van der Waals surface area contributed by atoms with E-state index in [0.29, 0.717) is 24.4 Å². The van der Waals surface area contributed by atoms with Crippen LogP contribution < -0.4 is 11.1 Å². The van der Waals surface area contributed by atoms with E-state index in [2.05, 4.69) is 29.2 Å². The molecule has 0 amide bonds. The van der Waals surface area contributed by atoms with E-state index in [0.717, 1.165) is 17.1 Å². The van der Waals surface area contributed by atoms with Crippen LogP contribution in [0.25, 0.3) is 0 Å². The van der Waals surface area contributed by atoms with E-state index in [4.69, 9.17) is 17.3 Å². The molecule has 3 N–H and O–H groups in total. The van der Waals surface area contributed by atoms with Gasteiger partial charge in [0.15, 0.2) is 0 Å². The van der Waals surface area contributed by atoms with Crippen molar-refractivity contribution in [3.8, 4) is 0 Å². The van der Waals surface area contributed by atoms with Crippen molar-refractivity contribution in [2.75, 3.05) is 17.6 Å². The van der Waals surface area contributed by atoms with Gasteiger partial charge in [0.25, 0.3) is 0 Å². The smallest absolute Gasteiger partial charge is 0.243 e. The summed E-state index contributed by atoms with van der Waals surface area (Å²) in [5, 5.41) is 8.21. The van der Waals surface area contributed by atoms with E-state index in [-0.39, 0.29) is 0 Å². The van der Waals surface area contributed by atoms with Crippen LogP contribution >= 0.6 is 11.6 Å². The quantitative estimate of drug-likeness (QED) is 0.883. The van der Waals surface area contributed by atoms with E-state index in [9.17, 15) is 0 Å². The summed E-state index contributed by atoms with van der Waals surface area (Å²) in [6.07, 6.45) is 0. The van der Waals surface area contributed by atoms with Gasteiger partial charge >= 0.3 is 0 Å². The Bertz CT molecular complexity index is 532. The highest BCUT2D eigenvalue weighted by molar-refractivity contribution is 6.30. The lowest BCUT2D eigenvalue weighted by Gasteiger charge is -2.04. The lowest BCUT2D eigenvalue weighted by molar-refractivity contribution is 0.673. The minimum atomic E-state index is 0.404. The Balaban J connectivity index is 2.06. The minimum Gasteiger partial charge on any atom is -0.368 e. The highest BCUT2D eigenvalue weighted by Crippen LogP contribution is 2.13. The molecule has 0 saturated heterocycles. The number of hydrogen-bond donors (Lipinski definition) is 2. The fraction of sp³-hybridized carbons (Fsp3) is 0.385. The standard InChI is InChI=1S/C13H18ClN5/c1-9(2)7-16-13-17-12(15)19(18-13)8-10-3-5-11(14)6-4-10/h3-6,9H,7-8H2,1-2H3,(H3,15,16,17,18). The topological polar surface area (TPSA) is 68.8 Å². The first-order chi connectivity index (χ1) is 9.04. The van der Waals surface area contributed by atoms with Gasteiger partial charge in [0, 0.05) is 11.6 Å². The summed E-state index contributed by atoms with van der Waals surface area (Å²) in [5.74, 6) is 1.51. The van der Waals surface area contributed by atoms with E-state index in [1.807, 2.05) is 24.3 Å². The van der Waals surface area contributed by atoms with Crippen LogP contribution in [0.1, 0.15) is 19.4 Å². The van der Waals surface area contributed by atoms with Gasteiger partial charge in [-0.3, -0.25) is 0 Å². The Kier molecular flexibility index (Phi) is 4.27. The van der Waals surface area contributed by atoms with Gasteiger partial charge in [0.2, 0.25) is 11.9 Å². The van der Waals surface area contributed by atoms with Crippen LogP contribution in [0.4, 0.5) is 11.9 Å². The molecule has 0 radical (unpaired) electrons. The lowest BCUT2D eigenvalue weighted by Crippen LogP contribution is -2.10. The zero-order chi connectivity index (χ0) is 13.8. The Morgan fingerprint density at radius 3 is 2.63 bits per heavy atom. The number of rotatable bonds is 5. The highest BCUT2D eigenvalue weighted by Gasteiger charge is 2.07. The molecule has 1 aromatic heterocycles. The first-order valence-electron chi connectivity index (χ1n) is 6.23. The first-order valence-corrected chi connectivity index (χ1v) is 6.61. The van der Waals surface area contributed by atoms with Crippen molar-refractivity contribution in [1.29, 1.82) is 0 Å². The molecule has 1 heterocycles. The van der Waals surface area contributed by atoms with Crippen molar-refractivity contribution in [2.45, 2.75) is 20.4 Å². The fourth-order valence-electron chi connectivity index (χ4n) is 1.60. The second-order valence-corrected chi connectivity index (χ2v) is 5.29. The zero-order valence-electron chi connectivity index (χ0n) is 11.1. The second-order valence-electron chi connectivity index (χ2n) is 4.85. The average molecular weight is 280 g/mol. The number of benzene rings is 1.